The minimum atomic E-state index is -1.40. The second-order valence-electron chi connectivity index (χ2n) is 2.43. The lowest BCUT2D eigenvalue weighted by Gasteiger charge is -2.15. The van der Waals surface area contributed by atoms with E-state index >= 15 is 0 Å². The predicted molar refractivity (Wildman–Crippen MR) is 63.3 cm³/mol. The van der Waals surface area contributed by atoms with Crippen LogP contribution in [0.1, 0.15) is 11.1 Å². The van der Waals surface area contributed by atoms with Crippen molar-refractivity contribution in [3.05, 3.63) is 34.3 Å². The van der Waals surface area contributed by atoms with Gasteiger partial charge in [-0.3, -0.25) is 0 Å². The molecule has 0 spiro atoms. The van der Waals surface area contributed by atoms with E-state index in [0.29, 0.717) is 15.9 Å². The Labute approximate surface area is 105 Å². The third-order valence-corrected chi connectivity index (χ3v) is 2.97. The first-order chi connectivity index (χ1) is 5.95. The lowest BCUT2D eigenvalue weighted by molar-refractivity contribution is 1.18. The Balaban J connectivity index is 3.22. The van der Waals surface area contributed by atoms with Crippen LogP contribution in [0.5, 0.6) is 0 Å². The Morgan fingerprint density at radius 1 is 1.23 bits per heavy atom. The SMILES string of the molecule is Clc1ccc(C(Cl)(Cl)Cl)c(CBr)c1. The van der Waals surface area contributed by atoms with E-state index in [1.54, 1.807) is 18.2 Å². The van der Waals surface area contributed by atoms with Crippen molar-refractivity contribution < 1.29 is 0 Å². The zero-order chi connectivity index (χ0) is 10.1. The molecule has 5 heteroatoms. The summed E-state index contributed by atoms with van der Waals surface area (Å²) in [7, 11) is 0. The van der Waals surface area contributed by atoms with E-state index in [-0.39, 0.29) is 0 Å². The molecular formula is C8H5BrCl4. The summed E-state index contributed by atoms with van der Waals surface area (Å²) in [6.45, 7) is 0. The lowest BCUT2D eigenvalue weighted by atomic mass is 10.1. The molecule has 0 unspecified atom stereocenters. The molecule has 13 heavy (non-hydrogen) atoms. The highest BCUT2D eigenvalue weighted by Gasteiger charge is 2.25. The van der Waals surface area contributed by atoms with Crippen molar-refractivity contribution in [1.29, 1.82) is 0 Å². The van der Waals surface area contributed by atoms with E-state index in [1.807, 2.05) is 0 Å². The molecule has 0 saturated heterocycles. The molecule has 0 aliphatic carbocycles. The number of hydrogen-bond acceptors (Lipinski definition) is 0. The Kier molecular flexibility index (Phi) is 4.21. The van der Waals surface area contributed by atoms with Gasteiger partial charge in [0.25, 0.3) is 0 Å². The highest BCUT2D eigenvalue weighted by atomic mass is 79.9. The first-order valence-corrected chi connectivity index (χ1v) is 6.00. The van der Waals surface area contributed by atoms with E-state index in [2.05, 4.69) is 15.9 Å². The quantitative estimate of drug-likeness (QED) is 0.634. The molecule has 1 aromatic rings. The van der Waals surface area contributed by atoms with Crippen LogP contribution in [0, 0.1) is 0 Å². The van der Waals surface area contributed by atoms with E-state index in [4.69, 9.17) is 46.4 Å². The Bertz CT molecular complexity index is 306. The normalized spacial score (nSPS) is 11.8. The van der Waals surface area contributed by atoms with Crippen molar-refractivity contribution in [2.75, 3.05) is 0 Å². The van der Waals surface area contributed by atoms with Gasteiger partial charge in [0.1, 0.15) is 0 Å². The molecule has 0 aliphatic heterocycles. The third kappa shape index (κ3) is 3.17. The van der Waals surface area contributed by atoms with Crippen LogP contribution in [0.4, 0.5) is 0 Å². The summed E-state index contributed by atoms with van der Waals surface area (Å²) in [4.78, 5) is 0. The molecule has 0 atom stereocenters. The first kappa shape index (κ1) is 11.9. The maximum atomic E-state index is 5.80. The summed E-state index contributed by atoms with van der Waals surface area (Å²) < 4.78 is -1.40. The maximum absolute atomic E-state index is 5.80. The Morgan fingerprint density at radius 3 is 2.31 bits per heavy atom. The van der Waals surface area contributed by atoms with Gasteiger partial charge in [0.05, 0.1) is 0 Å². The van der Waals surface area contributed by atoms with Gasteiger partial charge in [-0.15, -0.1) is 0 Å². The van der Waals surface area contributed by atoms with E-state index in [9.17, 15) is 0 Å². The molecule has 0 fully saturated rings. The van der Waals surface area contributed by atoms with Crippen LogP contribution in [-0.2, 0) is 9.12 Å². The van der Waals surface area contributed by atoms with Gasteiger partial charge >= 0.3 is 0 Å². The molecule has 0 bridgehead atoms. The lowest BCUT2D eigenvalue weighted by Crippen LogP contribution is -2.03. The first-order valence-electron chi connectivity index (χ1n) is 3.36. The minimum Gasteiger partial charge on any atom is -0.0876 e. The molecule has 0 aromatic heterocycles. The molecule has 0 aliphatic rings. The summed E-state index contributed by atoms with van der Waals surface area (Å²) in [6.07, 6.45) is 0. The number of halogens is 5. The monoisotopic (exact) mass is 320 g/mol. The van der Waals surface area contributed by atoms with Crippen molar-refractivity contribution in [3.63, 3.8) is 0 Å². The molecule has 0 saturated carbocycles. The second-order valence-corrected chi connectivity index (χ2v) is 5.71. The van der Waals surface area contributed by atoms with Crippen LogP contribution in [-0.4, -0.2) is 0 Å². The summed E-state index contributed by atoms with van der Waals surface area (Å²) in [6, 6.07) is 5.18. The molecule has 1 rings (SSSR count). The van der Waals surface area contributed by atoms with Crippen molar-refractivity contribution in [1.82, 2.24) is 0 Å². The molecule has 0 nitrogen and oxygen atoms in total. The highest BCUT2D eigenvalue weighted by molar-refractivity contribution is 9.08. The van der Waals surface area contributed by atoms with Gasteiger partial charge < -0.3 is 0 Å². The van der Waals surface area contributed by atoms with Gasteiger partial charge in [-0.1, -0.05) is 68.4 Å². The highest BCUT2D eigenvalue weighted by Crippen LogP contribution is 2.41. The summed E-state index contributed by atoms with van der Waals surface area (Å²) in [5, 5.41) is 1.24. The van der Waals surface area contributed by atoms with E-state index in [0.717, 1.165) is 5.56 Å². The number of hydrogen-bond donors (Lipinski definition) is 0. The van der Waals surface area contributed by atoms with E-state index < -0.39 is 3.79 Å². The maximum Gasteiger partial charge on any atom is 0.216 e. The fourth-order valence-corrected chi connectivity index (χ4v) is 2.16. The van der Waals surface area contributed by atoms with Gasteiger partial charge in [-0.05, 0) is 17.7 Å². The largest absolute Gasteiger partial charge is 0.216 e. The topological polar surface area (TPSA) is 0 Å². The Morgan fingerprint density at radius 2 is 1.85 bits per heavy atom. The van der Waals surface area contributed by atoms with Gasteiger partial charge in [0, 0.05) is 15.9 Å². The van der Waals surface area contributed by atoms with Gasteiger partial charge in [0.15, 0.2) is 0 Å². The fourth-order valence-electron chi connectivity index (χ4n) is 0.949. The fraction of sp³-hybridized carbons (Fsp3) is 0.250. The average Bonchev–Trinajstić information content (AvgIpc) is 2.01. The molecular weight excluding hydrogens is 318 g/mol. The van der Waals surface area contributed by atoms with Crippen LogP contribution in [0.3, 0.4) is 0 Å². The third-order valence-electron chi connectivity index (χ3n) is 1.52. The van der Waals surface area contributed by atoms with Crippen LogP contribution < -0.4 is 0 Å². The number of rotatable bonds is 1. The van der Waals surface area contributed by atoms with E-state index in [1.165, 1.54) is 0 Å². The van der Waals surface area contributed by atoms with Crippen molar-refractivity contribution >= 4 is 62.3 Å². The van der Waals surface area contributed by atoms with Crippen LogP contribution in [0.2, 0.25) is 5.02 Å². The Hall–Kier alpha value is 0.860. The zero-order valence-electron chi connectivity index (χ0n) is 6.33. The summed E-state index contributed by atoms with van der Waals surface area (Å²) >= 11 is 26.4. The average molecular weight is 323 g/mol. The van der Waals surface area contributed by atoms with Crippen molar-refractivity contribution in [3.8, 4) is 0 Å². The minimum absolute atomic E-state index is 0.608. The molecule has 72 valence electrons. The summed E-state index contributed by atoms with van der Waals surface area (Å²) in [5.41, 5.74) is 1.53. The second kappa shape index (κ2) is 4.59. The van der Waals surface area contributed by atoms with Crippen molar-refractivity contribution in [2.24, 2.45) is 0 Å². The predicted octanol–water partition coefficient (Wildman–Crippen LogP) is 5.06. The molecule has 0 heterocycles. The smallest absolute Gasteiger partial charge is 0.0876 e. The van der Waals surface area contributed by atoms with Gasteiger partial charge in [-0.25, -0.2) is 0 Å². The molecule has 0 amide bonds. The standard InChI is InChI=1S/C8H5BrCl4/c9-4-5-3-6(10)1-2-7(5)8(11,12)13/h1-3H,4H2. The number of benzene rings is 1. The van der Waals surface area contributed by atoms with Gasteiger partial charge in [0.2, 0.25) is 3.79 Å². The van der Waals surface area contributed by atoms with Crippen molar-refractivity contribution in [2.45, 2.75) is 9.12 Å². The molecule has 0 radical (unpaired) electrons. The zero-order valence-corrected chi connectivity index (χ0v) is 10.9. The van der Waals surface area contributed by atoms with Crippen LogP contribution in [0.25, 0.3) is 0 Å². The number of alkyl halides is 4. The van der Waals surface area contributed by atoms with Crippen LogP contribution in [0.15, 0.2) is 18.2 Å². The molecule has 0 N–H and O–H groups in total. The molecule has 1 aromatic carbocycles. The van der Waals surface area contributed by atoms with Gasteiger partial charge in [-0.2, -0.15) is 0 Å². The van der Waals surface area contributed by atoms with Crippen LogP contribution >= 0.6 is 62.3 Å². The summed E-state index contributed by atoms with van der Waals surface area (Å²) in [5.74, 6) is 0.